The van der Waals surface area contributed by atoms with Gasteiger partial charge in [-0.05, 0) is 13.3 Å². The van der Waals surface area contributed by atoms with Gasteiger partial charge in [0.25, 0.3) is 0 Å². The Morgan fingerprint density at radius 1 is 1.29 bits per heavy atom. The SMILES string of the molecule is Cc1onc2c1C(=O)CCc1c-2c2c(N)ncnc2n1C. The lowest BCUT2D eigenvalue weighted by Gasteiger charge is -2.01. The number of anilines is 1. The van der Waals surface area contributed by atoms with Gasteiger partial charge >= 0.3 is 0 Å². The van der Waals surface area contributed by atoms with E-state index in [-0.39, 0.29) is 5.78 Å². The van der Waals surface area contributed by atoms with Crippen molar-refractivity contribution >= 4 is 22.6 Å². The van der Waals surface area contributed by atoms with Crippen molar-refractivity contribution in [3.63, 3.8) is 0 Å². The zero-order valence-corrected chi connectivity index (χ0v) is 11.7. The number of hydrogen-bond donors (Lipinski definition) is 1. The fourth-order valence-corrected chi connectivity index (χ4v) is 3.10. The normalized spacial score (nSPS) is 14.1. The number of carbonyl (C=O) groups is 1. The van der Waals surface area contributed by atoms with Crippen molar-refractivity contribution < 1.29 is 9.32 Å². The minimum absolute atomic E-state index is 0.0449. The molecule has 7 nitrogen and oxygen atoms in total. The van der Waals surface area contributed by atoms with Crippen molar-refractivity contribution in [2.45, 2.75) is 19.8 Å². The highest BCUT2D eigenvalue weighted by Gasteiger charge is 2.31. The Morgan fingerprint density at radius 2 is 2.10 bits per heavy atom. The average Bonchev–Trinajstić information content (AvgIpc) is 2.91. The number of carbonyl (C=O) groups excluding carboxylic acids is 1. The molecule has 1 aliphatic rings. The predicted octanol–water partition coefficient (Wildman–Crippen LogP) is 1.64. The van der Waals surface area contributed by atoms with Crippen molar-refractivity contribution in [2.75, 3.05) is 5.73 Å². The van der Waals surface area contributed by atoms with Crippen LogP contribution in [0.4, 0.5) is 5.82 Å². The Labute approximate surface area is 119 Å². The second kappa shape index (κ2) is 3.91. The molecule has 0 aliphatic heterocycles. The highest BCUT2D eigenvalue weighted by molar-refractivity contribution is 6.10. The molecule has 0 aromatic carbocycles. The van der Waals surface area contributed by atoms with Gasteiger partial charge in [0.1, 0.15) is 29.2 Å². The van der Waals surface area contributed by atoms with Gasteiger partial charge in [-0.15, -0.1) is 0 Å². The number of fused-ring (bicyclic) bond motifs is 5. The smallest absolute Gasteiger partial charge is 0.169 e. The van der Waals surface area contributed by atoms with E-state index in [2.05, 4.69) is 15.1 Å². The summed E-state index contributed by atoms with van der Waals surface area (Å²) in [6.07, 6.45) is 2.48. The summed E-state index contributed by atoms with van der Waals surface area (Å²) in [7, 11) is 1.91. The quantitative estimate of drug-likeness (QED) is 0.673. The zero-order chi connectivity index (χ0) is 14.7. The van der Waals surface area contributed by atoms with Gasteiger partial charge < -0.3 is 14.8 Å². The maximum absolute atomic E-state index is 12.3. The predicted molar refractivity (Wildman–Crippen MR) is 75.8 cm³/mol. The van der Waals surface area contributed by atoms with Gasteiger partial charge in [0.2, 0.25) is 0 Å². The summed E-state index contributed by atoms with van der Waals surface area (Å²) < 4.78 is 7.19. The monoisotopic (exact) mass is 283 g/mol. The molecular formula is C14H13N5O2. The summed E-state index contributed by atoms with van der Waals surface area (Å²) >= 11 is 0. The Hall–Kier alpha value is -2.70. The van der Waals surface area contributed by atoms with Crippen molar-refractivity contribution in [1.82, 2.24) is 19.7 Å². The van der Waals surface area contributed by atoms with E-state index >= 15 is 0 Å². The summed E-state index contributed by atoms with van der Waals surface area (Å²) in [6.45, 7) is 1.75. The lowest BCUT2D eigenvalue weighted by molar-refractivity contribution is 0.0982. The Kier molecular flexibility index (Phi) is 2.25. The van der Waals surface area contributed by atoms with Crippen LogP contribution in [0.1, 0.15) is 28.2 Å². The highest BCUT2D eigenvalue weighted by atomic mass is 16.5. The minimum atomic E-state index is 0.0449. The van der Waals surface area contributed by atoms with Gasteiger partial charge in [-0.1, -0.05) is 5.16 Å². The van der Waals surface area contributed by atoms with Crippen molar-refractivity contribution in [3.8, 4) is 11.3 Å². The van der Waals surface area contributed by atoms with E-state index in [1.54, 1.807) is 6.92 Å². The molecule has 3 heterocycles. The van der Waals surface area contributed by atoms with Crippen LogP contribution in [0.3, 0.4) is 0 Å². The topological polar surface area (TPSA) is 99.8 Å². The number of ketones is 1. The molecule has 0 bridgehead atoms. The summed E-state index contributed by atoms with van der Waals surface area (Å²) in [6, 6.07) is 0. The Morgan fingerprint density at radius 3 is 2.90 bits per heavy atom. The summed E-state index contributed by atoms with van der Waals surface area (Å²) in [5.74, 6) is 0.969. The second-order valence-electron chi connectivity index (χ2n) is 5.22. The van der Waals surface area contributed by atoms with Crippen LogP contribution in [0.25, 0.3) is 22.3 Å². The van der Waals surface area contributed by atoms with E-state index in [9.17, 15) is 4.79 Å². The molecule has 3 aromatic rings. The van der Waals surface area contributed by atoms with Crippen LogP contribution in [-0.2, 0) is 13.5 Å². The van der Waals surface area contributed by atoms with Gasteiger partial charge in [-0.25, -0.2) is 9.97 Å². The number of nitrogens with two attached hydrogens (primary N) is 1. The van der Waals surface area contributed by atoms with Gasteiger partial charge in [-0.2, -0.15) is 0 Å². The third-order valence-electron chi connectivity index (χ3n) is 4.08. The van der Waals surface area contributed by atoms with E-state index in [0.29, 0.717) is 35.7 Å². The molecular weight excluding hydrogens is 270 g/mol. The van der Waals surface area contributed by atoms with Crippen LogP contribution in [0.2, 0.25) is 0 Å². The van der Waals surface area contributed by atoms with Crippen molar-refractivity contribution in [1.29, 1.82) is 0 Å². The van der Waals surface area contributed by atoms with Crippen LogP contribution >= 0.6 is 0 Å². The molecule has 3 aromatic heterocycles. The standard InChI is InChI=1S/C14H13N5O2/c1-6-9-8(20)4-3-7-10(12(9)18-21-6)11-13(15)16-5-17-14(11)19(7)2/h5H,3-4H2,1-2H3,(H2,15,16,17). The van der Waals surface area contributed by atoms with Crippen LogP contribution in [0.5, 0.6) is 0 Å². The molecule has 4 rings (SSSR count). The maximum atomic E-state index is 12.3. The van der Waals surface area contributed by atoms with Gasteiger partial charge in [0, 0.05) is 24.7 Å². The fraction of sp³-hybridized carbons (Fsp3) is 0.286. The first-order valence-electron chi connectivity index (χ1n) is 6.67. The molecule has 2 N–H and O–H groups in total. The van der Waals surface area contributed by atoms with Crippen molar-refractivity contribution in [3.05, 3.63) is 23.3 Å². The van der Waals surface area contributed by atoms with Gasteiger partial charge in [0.15, 0.2) is 5.78 Å². The molecule has 0 saturated heterocycles. The van der Waals surface area contributed by atoms with E-state index < -0.39 is 0 Å². The number of nitrogen functional groups attached to an aromatic ring is 1. The average molecular weight is 283 g/mol. The number of aryl methyl sites for hydroxylation is 2. The van der Waals surface area contributed by atoms with Crippen LogP contribution in [0.15, 0.2) is 10.9 Å². The maximum Gasteiger partial charge on any atom is 0.169 e. The molecule has 0 radical (unpaired) electrons. The van der Waals surface area contributed by atoms with Gasteiger partial charge in [-0.3, -0.25) is 4.79 Å². The first-order chi connectivity index (χ1) is 10.1. The van der Waals surface area contributed by atoms with E-state index in [4.69, 9.17) is 10.3 Å². The number of hydrogen-bond acceptors (Lipinski definition) is 6. The molecule has 106 valence electrons. The van der Waals surface area contributed by atoms with E-state index in [1.807, 2.05) is 11.6 Å². The molecule has 1 aliphatic carbocycles. The summed E-state index contributed by atoms with van der Waals surface area (Å²) in [4.78, 5) is 20.7. The lowest BCUT2D eigenvalue weighted by atomic mass is 10.0. The highest BCUT2D eigenvalue weighted by Crippen LogP contribution is 2.40. The molecule has 0 spiro atoms. The largest absolute Gasteiger partial charge is 0.383 e. The zero-order valence-electron chi connectivity index (χ0n) is 11.7. The number of rotatable bonds is 0. The molecule has 0 atom stereocenters. The molecule has 0 unspecified atom stereocenters. The Bertz CT molecular complexity index is 906. The second-order valence-corrected chi connectivity index (χ2v) is 5.22. The lowest BCUT2D eigenvalue weighted by Crippen LogP contribution is -2.03. The Balaban J connectivity index is 2.21. The van der Waals surface area contributed by atoms with Crippen molar-refractivity contribution in [2.24, 2.45) is 7.05 Å². The molecule has 0 fully saturated rings. The van der Waals surface area contributed by atoms with Crippen LogP contribution < -0.4 is 5.73 Å². The molecule has 21 heavy (non-hydrogen) atoms. The minimum Gasteiger partial charge on any atom is -0.383 e. The molecule has 0 saturated carbocycles. The van der Waals surface area contributed by atoms with E-state index in [1.165, 1.54) is 6.33 Å². The third kappa shape index (κ3) is 1.43. The number of aromatic nitrogens is 4. The third-order valence-corrected chi connectivity index (χ3v) is 4.08. The van der Waals surface area contributed by atoms with E-state index in [0.717, 1.165) is 22.3 Å². The number of nitrogens with zero attached hydrogens (tertiary/aromatic N) is 4. The summed E-state index contributed by atoms with van der Waals surface area (Å²) in [5.41, 5.74) is 9.68. The molecule has 0 amide bonds. The fourth-order valence-electron chi connectivity index (χ4n) is 3.10. The number of Topliss-reactive ketones (excluding diaryl/α,β-unsaturated/α-hetero) is 1. The van der Waals surface area contributed by atoms with Crippen LogP contribution in [-0.4, -0.2) is 25.5 Å². The molecule has 7 heteroatoms. The first kappa shape index (κ1) is 12.1. The summed E-state index contributed by atoms with van der Waals surface area (Å²) in [5, 5.41) is 4.83. The first-order valence-corrected chi connectivity index (χ1v) is 6.67. The van der Waals surface area contributed by atoms with Gasteiger partial charge in [0.05, 0.1) is 10.9 Å². The van der Waals surface area contributed by atoms with Crippen LogP contribution in [0, 0.1) is 6.92 Å².